The molecule has 0 aromatic heterocycles. The fourth-order valence-electron chi connectivity index (χ4n) is 0.260. The van der Waals surface area contributed by atoms with Gasteiger partial charge in [-0.2, -0.15) is 5.26 Å². The van der Waals surface area contributed by atoms with Crippen LogP contribution < -0.4 is 0 Å². The van der Waals surface area contributed by atoms with Gasteiger partial charge in [-0.05, 0) is 5.92 Å². The first-order valence-corrected chi connectivity index (χ1v) is 3.57. The van der Waals surface area contributed by atoms with E-state index in [1.165, 1.54) is 6.07 Å². The van der Waals surface area contributed by atoms with Crippen molar-refractivity contribution in [2.75, 3.05) is 0 Å². The van der Waals surface area contributed by atoms with Gasteiger partial charge in [0.15, 0.2) is 0 Å². The molecule has 0 radical (unpaired) electrons. The second-order valence-corrected chi connectivity index (χ2v) is 2.52. The van der Waals surface area contributed by atoms with Crippen LogP contribution in [0, 0.1) is 17.2 Å². The van der Waals surface area contributed by atoms with E-state index >= 15 is 0 Å². The third-order valence-electron chi connectivity index (χ3n) is 0.798. The molecule has 0 bridgehead atoms. The van der Waals surface area contributed by atoms with E-state index in [0.29, 0.717) is 12.3 Å². The molecule has 0 rings (SSSR count). The number of rotatable bonds is 3. The van der Waals surface area contributed by atoms with Crippen molar-refractivity contribution in [3.8, 4) is 6.07 Å². The number of nitriles is 1. The van der Waals surface area contributed by atoms with Crippen LogP contribution in [0.2, 0.25) is 0 Å². The molecule has 0 atom stereocenters. The number of hydrogen-bond donors (Lipinski definition) is 1. The van der Waals surface area contributed by atoms with E-state index in [0.717, 1.165) is 6.29 Å². The minimum atomic E-state index is -1.07. The summed E-state index contributed by atoms with van der Waals surface area (Å²) in [6.07, 6.45) is 1.24. The van der Waals surface area contributed by atoms with Crippen molar-refractivity contribution >= 4 is 12.3 Å². The average molecular weight is 171 g/mol. The zero-order valence-corrected chi connectivity index (χ0v) is 7.28. The molecular formula is C8H13NO3. The average Bonchev–Trinajstić information content (AvgIpc) is 1.87. The number of carboxylic acids is 1. The molecule has 0 aromatic rings. The van der Waals surface area contributed by atoms with Crippen LogP contribution in [0.15, 0.2) is 0 Å². The molecule has 0 amide bonds. The molecule has 0 aromatic carbocycles. The fourth-order valence-corrected chi connectivity index (χ4v) is 0.260. The lowest BCUT2D eigenvalue weighted by Crippen LogP contribution is -1.88. The van der Waals surface area contributed by atoms with Crippen LogP contribution in [-0.2, 0) is 9.59 Å². The van der Waals surface area contributed by atoms with E-state index in [9.17, 15) is 9.59 Å². The van der Waals surface area contributed by atoms with Gasteiger partial charge in [-0.1, -0.05) is 13.8 Å². The van der Waals surface area contributed by atoms with E-state index in [1.807, 2.05) is 13.8 Å². The standard InChI is InChI=1S/C5H10O.C3H3NO2/c1-5(2)3-4-6;4-2-1-3(5)6/h4-5H,3H2,1-2H3;1H2,(H,5,6). The molecular weight excluding hydrogens is 158 g/mol. The van der Waals surface area contributed by atoms with Crippen molar-refractivity contribution in [3.63, 3.8) is 0 Å². The first-order valence-electron chi connectivity index (χ1n) is 3.57. The lowest BCUT2D eigenvalue weighted by molar-refractivity contribution is -0.135. The van der Waals surface area contributed by atoms with Gasteiger partial charge in [-0.15, -0.1) is 0 Å². The summed E-state index contributed by atoms with van der Waals surface area (Å²) in [6.45, 7) is 4.04. The largest absolute Gasteiger partial charge is 0.480 e. The Balaban J connectivity index is 0. The molecule has 4 heteroatoms. The van der Waals surface area contributed by atoms with Crippen LogP contribution in [0.5, 0.6) is 0 Å². The number of aldehydes is 1. The molecule has 12 heavy (non-hydrogen) atoms. The quantitative estimate of drug-likeness (QED) is 0.647. The van der Waals surface area contributed by atoms with Crippen molar-refractivity contribution < 1.29 is 14.7 Å². The van der Waals surface area contributed by atoms with Gasteiger partial charge in [0.05, 0.1) is 6.07 Å². The molecule has 0 aliphatic rings. The summed E-state index contributed by atoms with van der Waals surface area (Å²) < 4.78 is 0. The Labute approximate surface area is 71.8 Å². The summed E-state index contributed by atoms with van der Waals surface area (Å²) in [4.78, 5) is 19.0. The molecule has 0 unspecified atom stereocenters. The van der Waals surface area contributed by atoms with Gasteiger partial charge in [-0.3, -0.25) is 4.79 Å². The highest BCUT2D eigenvalue weighted by Gasteiger charge is 1.87. The van der Waals surface area contributed by atoms with Gasteiger partial charge in [0.1, 0.15) is 12.7 Å². The van der Waals surface area contributed by atoms with Crippen LogP contribution in [0.4, 0.5) is 0 Å². The third kappa shape index (κ3) is 23.4. The van der Waals surface area contributed by atoms with E-state index in [1.54, 1.807) is 0 Å². The van der Waals surface area contributed by atoms with Crippen LogP contribution in [0.1, 0.15) is 26.7 Å². The molecule has 68 valence electrons. The van der Waals surface area contributed by atoms with Crippen molar-refractivity contribution in [1.29, 1.82) is 5.26 Å². The maximum atomic E-state index is 9.62. The van der Waals surface area contributed by atoms with E-state index in [-0.39, 0.29) is 0 Å². The number of nitrogens with zero attached hydrogens (tertiary/aromatic N) is 1. The predicted octanol–water partition coefficient (Wildman–Crippen LogP) is 1.22. The monoisotopic (exact) mass is 171 g/mol. The molecule has 0 saturated carbocycles. The van der Waals surface area contributed by atoms with Gasteiger partial charge in [-0.25, -0.2) is 0 Å². The summed E-state index contributed by atoms with van der Waals surface area (Å²) >= 11 is 0. The maximum Gasteiger partial charge on any atom is 0.317 e. The highest BCUT2D eigenvalue weighted by atomic mass is 16.4. The smallest absolute Gasteiger partial charge is 0.317 e. The molecule has 1 N–H and O–H groups in total. The van der Waals surface area contributed by atoms with Gasteiger partial charge in [0.25, 0.3) is 0 Å². The summed E-state index contributed by atoms with van der Waals surface area (Å²) in [6, 6.07) is 1.47. The zero-order chi connectivity index (χ0) is 9.98. The van der Waals surface area contributed by atoms with Crippen molar-refractivity contribution in [2.24, 2.45) is 5.92 Å². The summed E-state index contributed by atoms with van der Waals surface area (Å²) in [5.41, 5.74) is 0. The highest BCUT2D eigenvalue weighted by molar-refractivity contribution is 5.69. The summed E-state index contributed by atoms with van der Waals surface area (Å²) in [5.74, 6) is -0.542. The SMILES string of the molecule is CC(C)CC=O.N#CCC(=O)O. The van der Waals surface area contributed by atoms with Gasteiger partial charge >= 0.3 is 5.97 Å². The molecule has 4 nitrogen and oxygen atoms in total. The Hall–Kier alpha value is -1.37. The number of hydrogen-bond acceptors (Lipinski definition) is 3. The Morgan fingerprint density at radius 3 is 2.17 bits per heavy atom. The first-order chi connectivity index (χ1) is 5.54. The van der Waals surface area contributed by atoms with Crippen LogP contribution >= 0.6 is 0 Å². The topological polar surface area (TPSA) is 78.2 Å². The normalized spacial score (nSPS) is 7.83. The number of carbonyl (C=O) groups excluding carboxylic acids is 1. The Kier molecular flexibility index (Phi) is 10.6. The third-order valence-corrected chi connectivity index (χ3v) is 0.798. The van der Waals surface area contributed by atoms with Crippen LogP contribution in [0.25, 0.3) is 0 Å². The molecule has 0 fully saturated rings. The fraction of sp³-hybridized carbons (Fsp3) is 0.625. The second kappa shape index (κ2) is 9.63. The van der Waals surface area contributed by atoms with E-state index in [4.69, 9.17) is 10.4 Å². The van der Waals surface area contributed by atoms with Crippen molar-refractivity contribution in [2.45, 2.75) is 26.7 Å². The first kappa shape index (κ1) is 13.2. The predicted molar refractivity (Wildman–Crippen MR) is 43.4 cm³/mol. The number of carboxylic acid groups (broad SMARTS) is 1. The van der Waals surface area contributed by atoms with Crippen molar-refractivity contribution in [3.05, 3.63) is 0 Å². The van der Waals surface area contributed by atoms with Crippen LogP contribution in [0.3, 0.4) is 0 Å². The number of aliphatic carboxylic acids is 1. The molecule has 0 heterocycles. The Morgan fingerprint density at radius 1 is 1.67 bits per heavy atom. The summed E-state index contributed by atoms with van der Waals surface area (Å²) in [7, 11) is 0. The minimum Gasteiger partial charge on any atom is -0.480 e. The van der Waals surface area contributed by atoms with Gasteiger partial charge in [0, 0.05) is 6.42 Å². The lowest BCUT2D eigenvalue weighted by Gasteiger charge is -1.89. The molecule has 0 spiro atoms. The van der Waals surface area contributed by atoms with E-state index in [2.05, 4.69) is 0 Å². The maximum absolute atomic E-state index is 9.62. The minimum absolute atomic E-state index is 0.403. The van der Waals surface area contributed by atoms with Gasteiger partial charge in [0.2, 0.25) is 0 Å². The summed E-state index contributed by atoms with van der Waals surface area (Å²) in [5, 5.41) is 15.3. The highest BCUT2D eigenvalue weighted by Crippen LogP contribution is 1.92. The van der Waals surface area contributed by atoms with E-state index < -0.39 is 12.4 Å². The number of carbonyl (C=O) groups is 2. The molecule has 0 saturated heterocycles. The van der Waals surface area contributed by atoms with Gasteiger partial charge < -0.3 is 9.90 Å². The van der Waals surface area contributed by atoms with Crippen LogP contribution in [-0.4, -0.2) is 17.4 Å². The Bertz CT molecular complexity index is 170. The lowest BCUT2D eigenvalue weighted by atomic mass is 10.2. The van der Waals surface area contributed by atoms with Crippen molar-refractivity contribution in [1.82, 2.24) is 0 Å². The molecule has 0 aliphatic carbocycles. The zero-order valence-electron chi connectivity index (χ0n) is 7.28. The molecule has 0 aliphatic heterocycles. The Morgan fingerprint density at radius 2 is 2.17 bits per heavy atom. The second-order valence-electron chi connectivity index (χ2n) is 2.52.